The van der Waals surface area contributed by atoms with Crippen molar-refractivity contribution in [2.75, 3.05) is 10.2 Å². The predicted molar refractivity (Wildman–Crippen MR) is 179 cm³/mol. The highest BCUT2D eigenvalue weighted by Crippen LogP contribution is 2.42. The number of hydrogen-bond acceptors (Lipinski definition) is 4. The summed E-state index contributed by atoms with van der Waals surface area (Å²) in [6.07, 6.45) is 28.4. The van der Waals surface area contributed by atoms with Gasteiger partial charge in [-0.1, -0.05) is 165 Å². The minimum absolute atomic E-state index is 0.0126. The first-order chi connectivity index (χ1) is 20.5. The van der Waals surface area contributed by atoms with Crippen LogP contribution < -0.4 is 10.2 Å². The zero-order chi connectivity index (χ0) is 29.9. The highest BCUT2D eigenvalue weighted by Gasteiger charge is 2.33. The van der Waals surface area contributed by atoms with Crippen molar-refractivity contribution < 1.29 is 13.0 Å². The van der Waals surface area contributed by atoms with E-state index in [0.717, 1.165) is 24.1 Å². The summed E-state index contributed by atoms with van der Waals surface area (Å²) in [7, 11) is -4.31. The number of unbranched alkanes of at least 4 members (excludes halogenated alkanes) is 19. The molecule has 0 bridgehead atoms. The molecule has 0 saturated carbocycles. The molecular weight excluding hydrogens is 540 g/mol. The van der Waals surface area contributed by atoms with Gasteiger partial charge in [-0.05, 0) is 30.5 Å². The molecule has 2 N–H and O–H groups in total. The van der Waals surface area contributed by atoms with Crippen LogP contribution in [0.3, 0.4) is 0 Å². The number of anilines is 2. The van der Waals surface area contributed by atoms with Crippen molar-refractivity contribution in [2.24, 2.45) is 0 Å². The average molecular weight is 599 g/mol. The van der Waals surface area contributed by atoms with E-state index in [0.29, 0.717) is 12.2 Å². The van der Waals surface area contributed by atoms with Crippen molar-refractivity contribution >= 4 is 21.5 Å². The molecule has 5 nitrogen and oxygen atoms in total. The van der Waals surface area contributed by atoms with Gasteiger partial charge in [0.05, 0.1) is 17.5 Å². The molecule has 236 valence electrons. The Labute approximate surface area is 257 Å². The summed E-state index contributed by atoms with van der Waals surface area (Å²) in [6, 6.07) is 15.2. The molecule has 2 aromatic carbocycles. The van der Waals surface area contributed by atoms with Crippen LogP contribution >= 0.6 is 0 Å². The summed E-state index contributed by atoms with van der Waals surface area (Å²) in [6.45, 7) is 2.88. The number of fused-ring (bicyclic) bond motifs is 1. The zero-order valence-corrected chi connectivity index (χ0v) is 27.2. The van der Waals surface area contributed by atoms with Crippen molar-refractivity contribution in [3.8, 4) is 0 Å². The molecule has 1 atom stereocenters. The normalized spacial score (nSPS) is 14.7. The number of hydrogen-bond donors (Lipinski definition) is 2. The Balaban J connectivity index is 1.23. The molecule has 2 aromatic rings. The second kappa shape index (κ2) is 20.0. The maximum Gasteiger partial charge on any atom is 0.296 e. The number of nitrogens with zero attached hydrogens (tertiary/aromatic N) is 1. The second-order valence-corrected chi connectivity index (χ2v) is 13.8. The minimum Gasteiger partial charge on any atom is -0.363 e. The molecule has 0 radical (unpaired) electrons. The van der Waals surface area contributed by atoms with Crippen molar-refractivity contribution in [2.45, 2.75) is 159 Å². The van der Waals surface area contributed by atoms with E-state index in [-0.39, 0.29) is 11.1 Å². The van der Waals surface area contributed by atoms with E-state index in [1.807, 2.05) is 24.3 Å². The summed E-state index contributed by atoms with van der Waals surface area (Å²) in [5.74, 6) is 0. The van der Waals surface area contributed by atoms with Crippen molar-refractivity contribution in [1.82, 2.24) is 0 Å². The molecule has 1 unspecified atom stereocenters. The van der Waals surface area contributed by atoms with Gasteiger partial charge in [0.1, 0.15) is 4.90 Å². The van der Waals surface area contributed by atoms with Crippen LogP contribution in [0.2, 0.25) is 0 Å². The lowest BCUT2D eigenvalue weighted by molar-refractivity contribution is 0.482. The largest absolute Gasteiger partial charge is 0.363 e. The van der Waals surface area contributed by atoms with E-state index in [1.165, 1.54) is 128 Å². The molecule has 1 aliphatic heterocycles. The van der Waals surface area contributed by atoms with E-state index in [1.54, 1.807) is 6.07 Å². The van der Waals surface area contributed by atoms with Crippen LogP contribution in [0.25, 0.3) is 0 Å². The van der Waals surface area contributed by atoms with Crippen LogP contribution in [0.15, 0.2) is 53.4 Å². The van der Waals surface area contributed by atoms with E-state index in [2.05, 4.69) is 29.3 Å². The minimum atomic E-state index is -4.31. The van der Waals surface area contributed by atoms with Gasteiger partial charge in [-0.3, -0.25) is 4.55 Å². The van der Waals surface area contributed by atoms with Gasteiger partial charge in [0.2, 0.25) is 0 Å². The van der Waals surface area contributed by atoms with Gasteiger partial charge >= 0.3 is 0 Å². The third kappa shape index (κ3) is 12.7. The number of benzene rings is 2. The van der Waals surface area contributed by atoms with Gasteiger partial charge in [-0.2, -0.15) is 8.42 Å². The molecule has 0 amide bonds. The Morgan fingerprint density at radius 1 is 0.643 bits per heavy atom. The molecule has 0 spiro atoms. The summed E-state index contributed by atoms with van der Waals surface area (Å²) >= 11 is 0. The molecule has 42 heavy (non-hydrogen) atoms. The smallest absolute Gasteiger partial charge is 0.296 e. The summed E-state index contributed by atoms with van der Waals surface area (Å²) in [5, 5.41) is 3.53. The van der Waals surface area contributed by atoms with Gasteiger partial charge in [0, 0.05) is 6.54 Å². The van der Waals surface area contributed by atoms with Gasteiger partial charge in [-0.15, -0.1) is 0 Å². The molecule has 3 rings (SSSR count). The van der Waals surface area contributed by atoms with E-state index in [4.69, 9.17) is 0 Å². The lowest BCUT2D eigenvalue weighted by Gasteiger charge is -2.28. The first kappa shape index (κ1) is 34.4. The fourth-order valence-electron chi connectivity index (χ4n) is 6.35. The van der Waals surface area contributed by atoms with Crippen LogP contribution in [-0.2, 0) is 16.7 Å². The van der Waals surface area contributed by atoms with Crippen molar-refractivity contribution in [3.63, 3.8) is 0 Å². The lowest BCUT2D eigenvalue weighted by atomic mass is 10.0. The Hall–Kier alpha value is -2.05. The maximum absolute atomic E-state index is 12.1. The topological polar surface area (TPSA) is 69.6 Å². The van der Waals surface area contributed by atoms with Crippen LogP contribution in [0, 0.1) is 0 Å². The van der Waals surface area contributed by atoms with Crippen LogP contribution in [-0.4, -0.2) is 19.1 Å². The molecule has 0 aliphatic carbocycles. The quantitative estimate of drug-likeness (QED) is 0.0929. The molecule has 0 fully saturated rings. The molecule has 6 heteroatoms. The van der Waals surface area contributed by atoms with Gasteiger partial charge in [0.25, 0.3) is 10.1 Å². The summed E-state index contributed by atoms with van der Waals surface area (Å²) in [4.78, 5) is 2.10. The molecular formula is C36H58N2O3S. The average Bonchev–Trinajstić information content (AvgIpc) is 3.33. The maximum atomic E-state index is 12.1. The molecule has 1 heterocycles. The number of para-hydroxylation sites is 1. The number of rotatable bonds is 24. The first-order valence-corrected chi connectivity index (χ1v) is 18.6. The van der Waals surface area contributed by atoms with Crippen LogP contribution in [0.1, 0.15) is 147 Å². The summed E-state index contributed by atoms with van der Waals surface area (Å²) in [5.41, 5.74) is 2.48. The Bertz CT molecular complexity index is 1090. The zero-order valence-electron chi connectivity index (χ0n) is 26.4. The Kier molecular flexibility index (Phi) is 16.4. The molecule has 0 aromatic heterocycles. The number of nitrogens with one attached hydrogen (secondary N) is 1. The van der Waals surface area contributed by atoms with E-state index >= 15 is 0 Å². The third-order valence-corrected chi connectivity index (χ3v) is 9.67. The summed E-state index contributed by atoms with van der Waals surface area (Å²) < 4.78 is 34.2. The fourth-order valence-corrected chi connectivity index (χ4v) is 7.07. The fraction of sp³-hybridized carbons (Fsp3) is 0.667. The highest BCUT2D eigenvalue weighted by atomic mass is 32.2. The highest BCUT2D eigenvalue weighted by molar-refractivity contribution is 7.86. The monoisotopic (exact) mass is 598 g/mol. The molecule has 1 aliphatic rings. The van der Waals surface area contributed by atoms with Crippen molar-refractivity contribution in [1.29, 1.82) is 0 Å². The lowest BCUT2D eigenvalue weighted by Crippen LogP contribution is -2.35. The van der Waals surface area contributed by atoms with Crippen LogP contribution in [0.5, 0.6) is 0 Å². The first-order valence-electron chi connectivity index (χ1n) is 17.2. The van der Waals surface area contributed by atoms with Crippen molar-refractivity contribution in [3.05, 3.63) is 54.1 Å². The van der Waals surface area contributed by atoms with E-state index in [9.17, 15) is 13.0 Å². The van der Waals surface area contributed by atoms with Gasteiger partial charge < -0.3 is 10.2 Å². The van der Waals surface area contributed by atoms with E-state index < -0.39 is 10.1 Å². The Morgan fingerprint density at radius 2 is 1.12 bits per heavy atom. The Morgan fingerprint density at radius 3 is 1.60 bits per heavy atom. The predicted octanol–water partition coefficient (Wildman–Crippen LogP) is 10.9. The standard InChI is InChI=1S/C36H58N2O3S/c1-2-3-4-5-6-7-8-9-10-11-12-13-14-15-16-17-18-19-20-24-30-35-37-33-28-25-29-34(42(39,40)41)36(33)38(35)31-32-26-22-21-23-27-32/h21-23,25-29,35,37H,2-20,24,30-31H2,1H3,(H,39,40,41). The van der Waals surface area contributed by atoms with Gasteiger partial charge in [-0.25, -0.2) is 0 Å². The molecule has 0 saturated heterocycles. The van der Waals surface area contributed by atoms with Crippen LogP contribution in [0.4, 0.5) is 11.4 Å². The third-order valence-electron chi connectivity index (χ3n) is 8.79. The second-order valence-electron chi connectivity index (χ2n) is 12.4. The SMILES string of the molecule is CCCCCCCCCCCCCCCCCCCCCCC1Nc2cccc(S(=O)(=O)O)c2N1Cc1ccccc1. The van der Waals surface area contributed by atoms with Gasteiger partial charge in [0.15, 0.2) is 0 Å².